The number of aromatic nitrogens is 1. The van der Waals surface area contributed by atoms with Gasteiger partial charge in [0, 0.05) is 42.3 Å². The first kappa shape index (κ1) is 40.9. The van der Waals surface area contributed by atoms with Crippen molar-refractivity contribution in [1.29, 1.82) is 0 Å². The van der Waals surface area contributed by atoms with Crippen LogP contribution in [-0.2, 0) is 16.2 Å². The zero-order chi connectivity index (χ0) is 45.3. The average Bonchev–Trinajstić information content (AvgIpc) is 4.06. The van der Waals surface area contributed by atoms with Crippen LogP contribution < -0.4 is 0 Å². The van der Waals surface area contributed by atoms with Crippen molar-refractivity contribution >= 4 is 95.9 Å². The lowest BCUT2D eigenvalue weighted by atomic mass is 9.69. The summed E-state index contributed by atoms with van der Waals surface area (Å²) in [5.41, 5.74) is 15.1. The van der Waals surface area contributed by atoms with Crippen LogP contribution in [0, 0.1) is 0 Å². The molecule has 0 aliphatic heterocycles. The minimum Gasteiger partial charge on any atom is -0.305 e. The van der Waals surface area contributed by atoms with Gasteiger partial charge in [0.25, 0.3) is 0 Å². The predicted octanol–water partition coefficient (Wildman–Crippen LogP) is 18.2. The predicted molar refractivity (Wildman–Crippen MR) is 289 cm³/mol. The van der Waals surface area contributed by atoms with E-state index in [1.807, 2.05) is 22.7 Å². The number of allylic oxidation sites excluding steroid dienone is 1. The maximum Gasteiger partial charge on any atom is 0.0729 e. The first-order chi connectivity index (χ1) is 31.8. The Labute approximate surface area is 395 Å². The van der Waals surface area contributed by atoms with Crippen molar-refractivity contribution < 1.29 is 0 Å². The van der Waals surface area contributed by atoms with Crippen molar-refractivity contribution in [2.45, 2.75) is 70.6 Å². The minimum absolute atomic E-state index is 0.00170. The Morgan fingerprint density at radius 2 is 1.03 bits per heavy atom. The van der Waals surface area contributed by atoms with E-state index in [0.717, 1.165) is 5.57 Å². The van der Waals surface area contributed by atoms with Crippen LogP contribution in [0.2, 0.25) is 0 Å². The second kappa shape index (κ2) is 14.7. The number of fused-ring (bicyclic) bond motifs is 11. The van der Waals surface area contributed by atoms with Crippen molar-refractivity contribution in [2.24, 2.45) is 0 Å². The van der Waals surface area contributed by atoms with Crippen LogP contribution in [0.1, 0.15) is 98.9 Å². The fourth-order valence-corrected chi connectivity index (χ4v) is 13.5. The topological polar surface area (TPSA) is 4.41 Å². The number of thiophene rings is 2. The van der Waals surface area contributed by atoms with Crippen LogP contribution in [0.5, 0.6) is 0 Å². The normalized spacial score (nSPS) is 14.1. The van der Waals surface area contributed by atoms with Gasteiger partial charge in [0.05, 0.1) is 25.9 Å². The first-order valence-electron chi connectivity index (χ1n) is 23.3. The van der Waals surface area contributed by atoms with E-state index in [1.54, 1.807) is 0 Å². The third-order valence-corrected chi connectivity index (χ3v) is 17.0. The summed E-state index contributed by atoms with van der Waals surface area (Å²) in [5.74, 6) is 0.00170. The zero-order valence-corrected chi connectivity index (χ0v) is 40.4. The highest BCUT2D eigenvalue weighted by Crippen LogP contribution is 2.54. The molecule has 2 atom stereocenters. The summed E-state index contributed by atoms with van der Waals surface area (Å²) in [4.78, 5) is 0. The average molecular weight is 888 g/mol. The van der Waals surface area contributed by atoms with E-state index in [0.29, 0.717) is 0 Å². The third-order valence-electron chi connectivity index (χ3n) is 14.7. The Morgan fingerprint density at radius 1 is 0.455 bits per heavy atom. The molecule has 0 spiro atoms. The van der Waals surface area contributed by atoms with Gasteiger partial charge in [-0.3, -0.25) is 0 Å². The van der Waals surface area contributed by atoms with Gasteiger partial charge >= 0.3 is 0 Å². The molecule has 4 aromatic heterocycles. The van der Waals surface area contributed by atoms with Crippen LogP contribution in [-0.4, -0.2) is 4.40 Å². The molecule has 0 saturated carbocycles. The van der Waals surface area contributed by atoms with Gasteiger partial charge in [-0.15, -0.1) is 22.7 Å². The number of hydrogen-bond donors (Lipinski definition) is 0. The molecular weight excluding hydrogens is 835 g/mol. The molecule has 0 aliphatic carbocycles. The SMILES string of the molecule is C=C(c1ccccc1)C(c1ccc(C(C)(C)C)cc1)c1ccc2cc3sc4c5ccc(C(C)(c6ccccc6)c6ccc(C(C)(C)C)cc6)c6c7sc8ccccc8c7n(c4c3cc2c1)c56. The Kier molecular flexibility index (Phi) is 9.15. The highest BCUT2D eigenvalue weighted by atomic mass is 32.1. The molecule has 0 radical (unpaired) electrons. The van der Waals surface area contributed by atoms with Gasteiger partial charge in [-0.25, -0.2) is 0 Å². The molecule has 66 heavy (non-hydrogen) atoms. The van der Waals surface area contributed by atoms with Crippen molar-refractivity contribution in [2.75, 3.05) is 0 Å². The maximum absolute atomic E-state index is 4.78. The Hall–Kier alpha value is -6.52. The Morgan fingerprint density at radius 3 is 1.73 bits per heavy atom. The second-order valence-electron chi connectivity index (χ2n) is 20.7. The van der Waals surface area contributed by atoms with E-state index in [4.69, 9.17) is 6.58 Å². The van der Waals surface area contributed by atoms with Crippen LogP contribution in [0.15, 0.2) is 183 Å². The highest BCUT2D eigenvalue weighted by molar-refractivity contribution is 7.27. The van der Waals surface area contributed by atoms with E-state index in [1.165, 1.54) is 112 Å². The molecule has 4 heterocycles. The lowest BCUT2D eigenvalue weighted by molar-refractivity contribution is 0.588. The van der Waals surface area contributed by atoms with Gasteiger partial charge in [0.15, 0.2) is 0 Å². The summed E-state index contributed by atoms with van der Waals surface area (Å²) in [7, 11) is 0. The summed E-state index contributed by atoms with van der Waals surface area (Å²) in [5, 5.41) is 7.83. The Balaban J connectivity index is 1.12. The number of rotatable bonds is 7. The third kappa shape index (κ3) is 6.16. The van der Waals surface area contributed by atoms with Gasteiger partial charge in [-0.1, -0.05) is 206 Å². The zero-order valence-electron chi connectivity index (χ0n) is 38.8. The van der Waals surface area contributed by atoms with Crippen molar-refractivity contribution in [1.82, 2.24) is 4.40 Å². The molecule has 12 aromatic rings. The molecule has 0 amide bonds. The molecule has 0 bridgehead atoms. The molecule has 8 aromatic carbocycles. The summed E-state index contributed by atoms with van der Waals surface area (Å²) < 4.78 is 8.03. The largest absolute Gasteiger partial charge is 0.305 e. The second-order valence-corrected chi connectivity index (χ2v) is 22.8. The lowest BCUT2D eigenvalue weighted by Crippen LogP contribution is -2.26. The molecular formula is C63H53NS2. The molecule has 1 nitrogen and oxygen atoms in total. The number of nitrogens with zero attached hydrogens (tertiary/aromatic N) is 1. The quantitative estimate of drug-likeness (QED) is 0.140. The summed E-state index contributed by atoms with van der Waals surface area (Å²) >= 11 is 3.89. The Bertz CT molecular complexity index is 3830. The molecule has 12 rings (SSSR count). The van der Waals surface area contributed by atoms with Gasteiger partial charge < -0.3 is 4.40 Å². The monoisotopic (exact) mass is 887 g/mol. The minimum atomic E-state index is -0.413. The maximum atomic E-state index is 4.78. The standard InChI is InChI=1S/C63H53NS2/c1-38(39-17-11-9-12-18-39)54(40-25-27-44(28-26-40)61(2,3)4)42-24-23-41-37-53-50(36-43(41)35-42)58-59(66-53)49-33-34-51(55-56(49)64(58)57-48-21-15-16-22-52(48)65-60(55)57)63(8,46-19-13-10-14-20-46)47-31-29-45(30-32-47)62(5,6)7/h9-37,54H,1H2,2-8H3. The lowest BCUT2D eigenvalue weighted by Gasteiger charge is -2.33. The smallest absolute Gasteiger partial charge is 0.0729 e. The van der Waals surface area contributed by atoms with Crippen molar-refractivity contribution in [3.8, 4) is 0 Å². The number of benzene rings is 8. The molecule has 0 fully saturated rings. The van der Waals surface area contributed by atoms with E-state index in [2.05, 4.69) is 229 Å². The fraction of sp³-hybridized carbons (Fsp3) is 0.175. The van der Waals surface area contributed by atoms with E-state index in [9.17, 15) is 0 Å². The van der Waals surface area contributed by atoms with E-state index >= 15 is 0 Å². The van der Waals surface area contributed by atoms with Crippen LogP contribution >= 0.6 is 22.7 Å². The summed E-state index contributed by atoms with van der Waals surface area (Å²) in [6.07, 6.45) is 0. The van der Waals surface area contributed by atoms with Gasteiger partial charge in [0.2, 0.25) is 0 Å². The van der Waals surface area contributed by atoms with Gasteiger partial charge in [-0.2, -0.15) is 0 Å². The van der Waals surface area contributed by atoms with Crippen LogP contribution in [0.3, 0.4) is 0 Å². The van der Waals surface area contributed by atoms with Gasteiger partial charge in [0.1, 0.15) is 0 Å². The van der Waals surface area contributed by atoms with E-state index in [-0.39, 0.29) is 16.7 Å². The summed E-state index contributed by atoms with van der Waals surface area (Å²) in [6.45, 7) is 21.0. The summed E-state index contributed by atoms with van der Waals surface area (Å²) in [6, 6.07) is 66.6. The van der Waals surface area contributed by atoms with E-state index < -0.39 is 5.41 Å². The van der Waals surface area contributed by atoms with Crippen LogP contribution in [0.25, 0.3) is 73.2 Å². The first-order valence-corrected chi connectivity index (χ1v) is 24.9. The van der Waals surface area contributed by atoms with Crippen molar-refractivity contribution in [3.63, 3.8) is 0 Å². The highest BCUT2D eigenvalue weighted by Gasteiger charge is 2.36. The molecule has 2 unspecified atom stereocenters. The van der Waals surface area contributed by atoms with Crippen LogP contribution in [0.4, 0.5) is 0 Å². The molecule has 322 valence electrons. The molecule has 3 heteroatoms. The number of hydrogen-bond acceptors (Lipinski definition) is 2. The van der Waals surface area contributed by atoms with Crippen molar-refractivity contribution in [3.05, 3.63) is 227 Å². The van der Waals surface area contributed by atoms with Gasteiger partial charge in [-0.05, 0) is 96.8 Å². The fourth-order valence-electron chi connectivity index (χ4n) is 11.0. The molecule has 0 saturated heterocycles. The molecule has 0 aliphatic rings. The molecule has 0 N–H and O–H groups in total.